The second-order valence-corrected chi connectivity index (χ2v) is 8.10. The summed E-state index contributed by atoms with van der Waals surface area (Å²) in [7, 11) is 0. The molecule has 164 valence electrons. The summed E-state index contributed by atoms with van der Waals surface area (Å²) in [6.07, 6.45) is 2.34. The van der Waals surface area contributed by atoms with E-state index < -0.39 is 5.92 Å². The van der Waals surface area contributed by atoms with Crippen LogP contribution in [0.15, 0.2) is 78.9 Å². The second kappa shape index (κ2) is 9.69. The highest BCUT2D eigenvalue weighted by Crippen LogP contribution is 2.34. The lowest BCUT2D eigenvalue weighted by molar-refractivity contribution is -0.127. The summed E-state index contributed by atoms with van der Waals surface area (Å²) < 4.78 is 5.88. The summed E-state index contributed by atoms with van der Waals surface area (Å²) in [4.78, 5) is 26.6. The molecule has 1 fully saturated rings. The van der Waals surface area contributed by atoms with E-state index in [0.29, 0.717) is 30.2 Å². The van der Waals surface area contributed by atoms with Gasteiger partial charge in [0.2, 0.25) is 0 Å². The first-order valence-electron chi connectivity index (χ1n) is 11.1. The predicted octanol–water partition coefficient (Wildman–Crippen LogP) is 5.68. The number of carbonyl (C=O) groups excluding carboxylic acids is 2. The first kappa shape index (κ1) is 21.6. The van der Waals surface area contributed by atoms with Gasteiger partial charge in [-0.1, -0.05) is 62.2 Å². The van der Waals surface area contributed by atoms with E-state index in [1.54, 1.807) is 0 Å². The fourth-order valence-electron chi connectivity index (χ4n) is 3.92. The van der Waals surface area contributed by atoms with Gasteiger partial charge in [0.15, 0.2) is 0 Å². The number of amides is 2. The molecule has 1 heterocycles. The lowest BCUT2D eigenvalue weighted by Gasteiger charge is -2.28. The van der Waals surface area contributed by atoms with E-state index in [4.69, 9.17) is 4.74 Å². The molecule has 2 amide bonds. The Labute approximate surface area is 189 Å². The molecule has 1 unspecified atom stereocenters. The summed E-state index contributed by atoms with van der Waals surface area (Å²) in [6.45, 7) is 4.51. The minimum absolute atomic E-state index is 0.168. The Bertz CT molecular complexity index is 1080. The molecule has 5 nitrogen and oxygen atoms in total. The van der Waals surface area contributed by atoms with Crippen LogP contribution in [0.2, 0.25) is 0 Å². The van der Waals surface area contributed by atoms with Crippen LogP contribution in [0.5, 0.6) is 5.75 Å². The lowest BCUT2D eigenvalue weighted by atomic mass is 10.0. The largest absolute Gasteiger partial charge is 0.489 e. The Morgan fingerprint density at radius 2 is 1.50 bits per heavy atom. The van der Waals surface area contributed by atoms with E-state index >= 15 is 0 Å². The van der Waals surface area contributed by atoms with Crippen LogP contribution in [0.1, 0.15) is 37.3 Å². The molecule has 0 aliphatic carbocycles. The van der Waals surface area contributed by atoms with Crippen LogP contribution in [-0.2, 0) is 16.2 Å². The predicted molar refractivity (Wildman–Crippen MR) is 126 cm³/mol. The zero-order chi connectivity index (χ0) is 22.5. The van der Waals surface area contributed by atoms with E-state index in [1.807, 2.05) is 85.8 Å². The van der Waals surface area contributed by atoms with Crippen molar-refractivity contribution < 1.29 is 14.3 Å². The van der Waals surface area contributed by atoms with Crippen LogP contribution in [0.25, 0.3) is 0 Å². The van der Waals surface area contributed by atoms with Gasteiger partial charge in [-0.05, 0) is 60.9 Å². The zero-order valence-corrected chi connectivity index (χ0v) is 18.5. The average molecular weight is 429 g/mol. The molecule has 0 radical (unpaired) electrons. The minimum Gasteiger partial charge on any atom is -0.489 e. The van der Waals surface area contributed by atoms with Crippen LogP contribution in [-0.4, -0.2) is 11.8 Å². The molecule has 1 aliphatic rings. The Morgan fingerprint density at radius 3 is 2.16 bits per heavy atom. The Balaban J connectivity index is 1.59. The van der Waals surface area contributed by atoms with Gasteiger partial charge in [0, 0.05) is 0 Å². The molecule has 3 aromatic rings. The molecule has 0 aromatic heterocycles. The molecule has 5 heteroatoms. The van der Waals surface area contributed by atoms with Gasteiger partial charge in [-0.2, -0.15) is 0 Å². The molecule has 0 saturated carbocycles. The number of benzene rings is 3. The number of hydrogen-bond acceptors (Lipinski definition) is 3. The molecule has 32 heavy (non-hydrogen) atoms. The third kappa shape index (κ3) is 4.52. The number of nitrogens with zero attached hydrogens (tertiary/aromatic N) is 2. The monoisotopic (exact) mass is 428 g/mol. The molecule has 4 rings (SSSR count). The van der Waals surface area contributed by atoms with Crippen molar-refractivity contribution in [2.24, 2.45) is 5.92 Å². The Kier molecular flexibility index (Phi) is 6.55. The first-order chi connectivity index (χ1) is 15.6. The SMILES string of the molecule is CCCCC1C(=O)N(c2ccc(OCc3ccccc3)cc2)N(c2cccc(C)c2)C1=O. The third-order valence-electron chi connectivity index (χ3n) is 5.64. The summed E-state index contributed by atoms with van der Waals surface area (Å²) in [6, 6.07) is 25.0. The lowest BCUT2D eigenvalue weighted by Crippen LogP contribution is -2.41. The number of carbonyl (C=O) groups is 2. The van der Waals surface area contributed by atoms with E-state index in [0.717, 1.165) is 24.0 Å². The number of hydrazine groups is 1. The summed E-state index contributed by atoms with van der Waals surface area (Å²) in [5, 5.41) is 3.04. The van der Waals surface area contributed by atoms with Gasteiger partial charge in [-0.25, -0.2) is 10.0 Å². The van der Waals surface area contributed by atoms with Crippen LogP contribution in [0.4, 0.5) is 11.4 Å². The van der Waals surface area contributed by atoms with Gasteiger partial charge in [0.1, 0.15) is 18.3 Å². The van der Waals surface area contributed by atoms with Crippen molar-refractivity contribution in [3.8, 4) is 5.75 Å². The zero-order valence-electron chi connectivity index (χ0n) is 18.5. The summed E-state index contributed by atoms with van der Waals surface area (Å²) in [5.74, 6) is -0.286. The molecular formula is C27H28N2O3. The smallest absolute Gasteiger partial charge is 0.258 e. The molecule has 3 aromatic carbocycles. The first-order valence-corrected chi connectivity index (χ1v) is 11.1. The Morgan fingerprint density at radius 1 is 0.812 bits per heavy atom. The van der Waals surface area contributed by atoms with Gasteiger partial charge >= 0.3 is 0 Å². The van der Waals surface area contributed by atoms with Crippen LogP contribution in [0, 0.1) is 12.8 Å². The quantitative estimate of drug-likeness (QED) is 0.434. The molecule has 0 bridgehead atoms. The van der Waals surface area contributed by atoms with Gasteiger partial charge in [0.25, 0.3) is 11.8 Å². The summed E-state index contributed by atoms with van der Waals surface area (Å²) in [5.41, 5.74) is 3.47. The number of aryl methyl sites for hydroxylation is 1. The number of anilines is 2. The Hall–Kier alpha value is -3.60. The highest BCUT2D eigenvalue weighted by atomic mass is 16.5. The molecular weight excluding hydrogens is 400 g/mol. The maximum absolute atomic E-state index is 13.3. The molecule has 0 spiro atoms. The van der Waals surface area contributed by atoms with Crippen LogP contribution < -0.4 is 14.8 Å². The highest BCUT2D eigenvalue weighted by molar-refractivity contribution is 6.23. The minimum atomic E-state index is -0.649. The number of rotatable bonds is 8. The van der Waals surface area contributed by atoms with Crippen molar-refractivity contribution in [3.05, 3.63) is 90.0 Å². The van der Waals surface area contributed by atoms with E-state index in [2.05, 4.69) is 6.92 Å². The van der Waals surface area contributed by atoms with Crippen molar-refractivity contribution in [2.45, 2.75) is 39.7 Å². The third-order valence-corrected chi connectivity index (χ3v) is 5.64. The fourth-order valence-corrected chi connectivity index (χ4v) is 3.92. The van der Waals surface area contributed by atoms with Crippen molar-refractivity contribution >= 4 is 23.2 Å². The molecule has 1 saturated heterocycles. The normalized spacial score (nSPS) is 16.0. The molecule has 0 N–H and O–H groups in total. The standard InChI is InChI=1S/C27H28N2O3/c1-3-4-13-25-26(30)28(29(27(25)31)23-12-8-9-20(2)18-23)22-14-16-24(17-15-22)32-19-21-10-6-5-7-11-21/h5-12,14-18,25H,3-4,13,19H2,1-2H3. The van der Waals surface area contributed by atoms with Gasteiger partial charge in [-0.15, -0.1) is 0 Å². The number of ether oxygens (including phenoxy) is 1. The van der Waals surface area contributed by atoms with Crippen molar-refractivity contribution in [1.29, 1.82) is 0 Å². The van der Waals surface area contributed by atoms with E-state index in [1.165, 1.54) is 10.0 Å². The highest BCUT2D eigenvalue weighted by Gasteiger charge is 2.46. The van der Waals surface area contributed by atoms with Crippen molar-refractivity contribution in [2.75, 3.05) is 10.0 Å². The van der Waals surface area contributed by atoms with Gasteiger partial charge in [-0.3, -0.25) is 9.59 Å². The average Bonchev–Trinajstić information content (AvgIpc) is 3.07. The summed E-state index contributed by atoms with van der Waals surface area (Å²) >= 11 is 0. The van der Waals surface area contributed by atoms with Crippen LogP contribution >= 0.6 is 0 Å². The maximum Gasteiger partial charge on any atom is 0.258 e. The van der Waals surface area contributed by atoms with Crippen molar-refractivity contribution in [3.63, 3.8) is 0 Å². The second-order valence-electron chi connectivity index (χ2n) is 8.10. The molecule has 1 aliphatic heterocycles. The van der Waals surface area contributed by atoms with E-state index in [9.17, 15) is 9.59 Å². The van der Waals surface area contributed by atoms with Crippen molar-refractivity contribution in [1.82, 2.24) is 0 Å². The fraction of sp³-hybridized carbons (Fsp3) is 0.259. The number of unbranched alkanes of at least 4 members (excludes halogenated alkanes) is 1. The van der Waals surface area contributed by atoms with Crippen LogP contribution in [0.3, 0.4) is 0 Å². The van der Waals surface area contributed by atoms with E-state index in [-0.39, 0.29) is 11.8 Å². The topological polar surface area (TPSA) is 49.9 Å². The van der Waals surface area contributed by atoms with Gasteiger partial charge in [0.05, 0.1) is 11.4 Å². The number of hydrogen-bond donors (Lipinski definition) is 0. The van der Waals surface area contributed by atoms with Gasteiger partial charge < -0.3 is 4.74 Å². The maximum atomic E-state index is 13.3. The molecule has 1 atom stereocenters.